The van der Waals surface area contributed by atoms with E-state index in [1.54, 1.807) is 30.5 Å². The van der Waals surface area contributed by atoms with E-state index in [0.29, 0.717) is 24.6 Å². The van der Waals surface area contributed by atoms with Crippen molar-refractivity contribution in [1.29, 1.82) is 0 Å². The number of amides is 1. The van der Waals surface area contributed by atoms with Gasteiger partial charge in [0.25, 0.3) is 5.91 Å². The molecule has 0 spiro atoms. The molecule has 3 aromatic rings. The number of carbonyl (C=O) groups excluding carboxylic acids is 1. The minimum Gasteiger partial charge on any atom is -0.368 e. The fraction of sp³-hybridized carbons (Fsp3) is 0.238. The SMILES string of the molecule is CN(CCc1ccncc1)C(=O)c1cnc(NCCc2cccc(Cl)c2)cn1. The molecule has 0 saturated carbocycles. The smallest absolute Gasteiger partial charge is 0.273 e. The van der Waals surface area contributed by atoms with E-state index in [4.69, 9.17) is 11.6 Å². The lowest BCUT2D eigenvalue weighted by molar-refractivity contribution is 0.0790. The highest BCUT2D eigenvalue weighted by atomic mass is 35.5. The molecule has 144 valence electrons. The predicted octanol–water partition coefficient (Wildman–Crippen LogP) is 3.49. The van der Waals surface area contributed by atoms with Crippen LogP contribution in [0.5, 0.6) is 0 Å². The summed E-state index contributed by atoms with van der Waals surface area (Å²) in [5.74, 6) is 0.491. The van der Waals surface area contributed by atoms with Gasteiger partial charge in [-0.05, 0) is 48.2 Å². The molecule has 0 aliphatic carbocycles. The molecule has 0 saturated heterocycles. The van der Waals surface area contributed by atoms with Crippen LogP contribution in [0.4, 0.5) is 5.82 Å². The van der Waals surface area contributed by atoms with Crippen LogP contribution in [-0.2, 0) is 12.8 Å². The van der Waals surface area contributed by atoms with Gasteiger partial charge in [-0.1, -0.05) is 23.7 Å². The van der Waals surface area contributed by atoms with Crippen LogP contribution >= 0.6 is 11.6 Å². The largest absolute Gasteiger partial charge is 0.368 e. The van der Waals surface area contributed by atoms with Gasteiger partial charge in [0, 0.05) is 37.6 Å². The van der Waals surface area contributed by atoms with Gasteiger partial charge in [0.1, 0.15) is 11.5 Å². The number of anilines is 1. The molecule has 0 atom stereocenters. The summed E-state index contributed by atoms with van der Waals surface area (Å²) in [5.41, 5.74) is 2.62. The number of nitrogens with one attached hydrogen (secondary N) is 1. The van der Waals surface area contributed by atoms with E-state index in [9.17, 15) is 4.79 Å². The van der Waals surface area contributed by atoms with Crippen molar-refractivity contribution >= 4 is 23.3 Å². The van der Waals surface area contributed by atoms with Gasteiger partial charge in [-0.15, -0.1) is 0 Å². The Morgan fingerprint density at radius 2 is 1.89 bits per heavy atom. The fourth-order valence-electron chi connectivity index (χ4n) is 2.70. The van der Waals surface area contributed by atoms with Crippen molar-refractivity contribution in [2.45, 2.75) is 12.8 Å². The van der Waals surface area contributed by atoms with E-state index >= 15 is 0 Å². The monoisotopic (exact) mass is 395 g/mol. The third kappa shape index (κ3) is 5.76. The third-order valence-corrected chi connectivity index (χ3v) is 4.55. The minimum atomic E-state index is -0.146. The number of hydrogen-bond acceptors (Lipinski definition) is 5. The molecular weight excluding hydrogens is 374 g/mol. The topological polar surface area (TPSA) is 71.0 Å². The number of benzene rings is 1. The Balaban J connectivity index is 1.48. The zero-order valence-corrected chi connectivity index (χ0v) is 16.4. The molecule has 1 amide bonds. The van der Waals surface area contributed by atoms with E-state index in [-0.39, 0.29) is 5.91 Å². The van der Waals surface area contributed by atoms with E-state index in [1.807, 2.05) is 36.4 Å². The Labute approximate surface area is 169 Å². The third-order valence-electron chi connectivity index (χ3n) is 4.31. The quantitative estimate of drug-likeness (QED) is 0.632. The zero-order chi connectivity index (χ0) is 19.8. The fourth-order valence-corrected chi connectivity index (χ4v) is 2.91. The lowest BCUT2D eigenvalue weighted by Crippen LogP contribution is -2.29. The highest BCUT2D eigenvalue weighted by Gasteiger charge is 2.13. The van der Waals surface area contributed by atoms with E-state index in [0.717, 1.165) is 29.0 Å². The molecule has 3 rings (SSSR count). The van der Waals surface area contributed by atoms with Gasteiger partial charge < -0.3 is 10.2 Å². The number of pyridine rings is 1. The lowest BCUT2D eigenvalue weighted by Gasteiger charge is -2.16. The number of carbonyl (C=O) groups is 1. The van der Waals surface area contributed by atoms with Crippen LogP contribution in [0, 0.1) is 0 Å². The Bertz CT molecular complexity index is 902. The van der Waals surface area contributed by atoms with Gasteiger partial charge in [-0.25, -0.2) is 9.97 Å². The van der Waals surface area contributed by atoms with Crippen molar-refractivity contribution in [2.24, 2.45) is 0 Å². The number of hydrogen-bond donors (Lipinski definition) is 1. The summed E-state index contributed by atoms with van der Waals surface area (Å²) in [6, 6.07) is 11.7. The lowest BCUT2D eigenvalue weighted by atomic mass is 10.1. The Hall–Kier alpha value is -2.99. The second-order valence-electron chi connectivity index (χ2n) is 6.43. The molecule has 1 aromatic carbocycles. The molecule has 0 bridgehead atoms. The Kier molecular flexibility index (Phi) is 6.92. The van der Waals surface area contributed by atoms with Crippen LogP contribution in [0.2, 0.25) is 5.02 Å². The number of aromatic nitrogens is 3. The first-order valence-corrected chi connectivity index (χ1v) is 9.44. The van der Waals surface area contributed by atoms with Crippen molar-refractivity contribution < 1.29 is 4.79 Å². The maximum absolute atomic E-state index is 12.5. The molecule has 7 heteroatoms. The van der Waals surface area contributed by atoms with Crippen LogP contribution < -0.4 is 5.32 Å². The number of rotatable bonds is 8. The summed E-state index contributed by atoms with van der Waals surface area (Å²) in [7, 11) is 1.77. The van der Waals surface area contributed by atoms with Crippen LogP contribution in [-0.4, -0.2) is 45.9 Å². The highest BCUT2D eigenvalue weighted by Crippen LogP contribution is 2.11. The molecule has 0 radical (unpaired) electrons. The van der Waals surface area contributed by atoms with E-state index in [1.165, 1.54) is 6.20 Å². The molecule has 0 aliphatic heterocycles. The van der Waals surface area contributed by atoms with Crippen molar-refractivity contribution in [3.63, 3.8) is 0 Å². The average molecular weight is 396 g/mol. The summed E-state index contributed by atoms with van der Waals surface area (Å²) in [5, 5.41) is 3.94. The maximum Gasteiger partial charge on any atom is 0.273 e. The zero-order valence-electron chi connectivity index (χ0n) is 15.7. The molecular formula is C21H22ClN5O. The molecule has 2 aromatic heterocycles. The Morgan fingerprint density at radius 3 is 2.61 bits per heavy atom. The van der Waals surface area contributed by atoms with Crippen molar-refractivity contribution in [2.75, 3.05) is 25.5 Å². The molecule has 6 nitrogen and oxygen atoms in total. The maximum atomic E-state index is 12.5. The summed E-state index contributed by atoms with van der Waals surface area (Å²) in [4.78, 5) is 26.7. The van der Waals surface area contributed by atoms with Crippen LogP contribution in [0.1, 0.15) is 21.6 Å². The number of halogens is 1. The van der Waals surface area contributed by atoms with E-state index < -0.39 is 0 Å². The molecule has 0 unspecified atom stereocenters. The second kappa shape index (κ2) is 9.80. The normalized spacial score (nSPS) is 10.5. The average Bonchev–Trinajstić information content (AvgIpc) is 2.73. The van der Waals surface area contributed by atoms with Gasteiger partial charge in [0.15, 0.2) is 0 Å². The highest BCUT2D eigenvalue weighted by molar-refractivity contribution is 6.30. The van der Waals surface area contributed by atoms with Gasteiger partial charge in [0.05, 0.1) is 12.4 Å². The summed E-state index contributed by atoms with van der Waals surface area (Å²) >= 11 is 5.99. The summed E-state index contributed by atoms with van der Waals surface area (Å²) in [6.45, 7) is 1.30. The second-order valence-corrected chi connectivity index (χ2v) is 6.86. The van der Waals surface area contributed by atoms with Crippen molar-refractivity contribution in [1.82, 2.24) is 19.9 Å². The van der Waals surface area contributed by atoms with Crippen LogP contribution in [0.3, 0.4) is 0 Å². The first-order valence-electron chi connectivity index (χ1n) is 9.06. The van der Waals surface area contributed by atoms with Gasteiger partial charge in [0.2, 0.25) is 0 Å². The van der Waals surface area contributed by atoms with Crippen LogP contribution in [0.25, 0.3) is 0 Å². The Morgan fingerprint density at radius 1 is 1.07 bits per heavy atom. The van der Waals surface area contributed by atoms with Crippen molar-refractivity contribution in [3.8, 4) is 0 Å². The number of likely N-dealkylation sites (N-methyl/N-ethyl adjacent to an activating group) is 1. The molecule has 28 heavy (non-hydrogen) atoms. The van der Waals surface area contributed by atoms with Gasteiger partial charge in [-0.2, -0.15) is 0 Å². The summed E-state index contributed by atoms with van der Waals surface area (Å²) in [6.07, 6.45) is 8.18. The van der Waals surface area contributed by atoms with Gasteiger partial charge in [-0.3, -0.25) is 9.78 Å². The first-order chi connectivity index (χ1) is 13.6. The minimum absolute atomic E-state index is 0.146. The predicted molar refractivity (Wildman–Crippen MR) is 111 cm³/mol. The summed E-state index contributed by atoms with van der Waals surface area (Å²) < 4.78 is 0. The molecule has 2 heterocycles. The molecule has 0 aliphatic rings. The standard InChI is InChI=1S/C21H22ClN5O/c1-27(12-8-16-5-9-23-10-6-16)21(28)19-14-26-20(15-25-19)24-11-7-17-3-2-4-18(22)13-17/h2-6,9-10,13-15H,7-8,11-12H2,1H3,(H,24,26). The van der Waals surface area contributed by atoms with E-state index in [2.05, 4.69) is 20.3 Å². The van der Waals surface area contributed by atoms with Gasteiger partial charge >= 0.3 is 0 Å². The van der Waals surface area contributed by atoms with Crippen molar-refractivity contribution in [3.05, 3.63) is 83.0 Å². The first kappa shape index (κ1) is 19.8. The molecule has 1 N–H and O–H groups in total. The molecule has 0 fully saturated rings. The van der Waals surface area contributed by atoms with Crippen LogP contribution in [0.15, 0.2) is 61.2 Å². The number of nitrogens with zero attached hydrogens (tertiary/aromatic N) is 4.